The normalized spacial score (nSPS) is 23.4. The van der Waals surface area contributed by atoms with Gasteiger partial charge in [-0.25, -0.2) is 9.67 Å². The summed E-state index contributed by atoms with van der Waals surface area (Å²) in [4.78, 5) is 25.4. The molecule has 1 saturated heterocycles. The highest BCUT2D eigenvalue weighted by Gasteiger charge is 2.62. The summed E-state index contributed by atoms with van der Waals surface area (Å²) in [5.74, 6) is 0.842. The van der Waals surface area contributed by atoms with E-state index in [2.05, 4.69) is 38.9 Å². The number of hydrogen-bond donors (Lipinski definition) is 3. The third-order valence-corrected chi connectivity index (χ3v) is 8.63. The first-order valence-electron chi connectivity index (χ1n) is 13.7. The van der Waals surface area contributed by atoms with E-state index in [0.29, 0.717) is 35.2 Å². The Kier molecular flexibility index (Phi) is 8.24. The van der Waals surface area contributed by atoms with Crippen molar-refractivity contribution in [1.29, 1.82) is 0 Å². The molecule has 5 rings (SSSR count). The molecule has 222 valence electrons. The van der Waals surface area contributed by atoms with E-state index >= 15 is 0 Å². The number of ether oxygens (including phenoxy) is 1. The summed E-state index contributed by atoms with van der Waals surface area (Å²) in [6.07, 6.45) is 2.37. The fraction of sp³-hybridized carbons (Fsp3) is 0.556. The highest BCUT2D eigenvalue weighted by atomic mass is 32.2. The molecule has 10 nitrogen and oxygen atoms in total. The first-order valence-corrected chi connectivity index (χ1v) is 14.5. The number of carbonyl (C=O) groups is 1. The lowest BCUT2D eigenvalue weighted by molar-refractivity contribution is -0.190. The van der Waals surface area contributed by atoms with Gasteiger partial charge in [-0.1, -0.05) is 0 Å². The van der Waals surface area contributed by atoms with Crippen molar-refractivity contribution in [1.82, 2.24) is 24.8 Å². The standard InChI is InChI=1S/C27H35F3N8O2S/c1-25(2)14-18-17-37(25)23-20(24(39)36-41-19(15-31)16-32-10-3-11-33-18)4-5-21(34-23)38-12-6-22(35-38)40-13-9-26(7-8-26)27(28,29)30/h4-6,12,15-16,18,33H,3,7-11,13-14,17,31H2,1-2H3,(H,36,39). The number of nitrogens with zero attached hydrogens (tertiary/aromatic N) is 5. The van der Waals surface area contributed by atoms with Crippen molar-refractivity contribution in [3.05, 3.63) is 41.1 Å². The fourth-order valence-electron chi connectivity index (χ4n) is 5.29. The van der Waals surface area contributed by atoms with Crippen LogP contribution in [0.1, 0.15) is 56.3 Å². The Balaban J connectivity index is 1.39. The summed E-state index contributed by atoms with van der Waals surface area (Å²) in [5.41, 5.74) is 4.20. The molecule has 2 aromatic heterocycles. The largest absolute Gasteiger partial charge is 0.477 e. The van der Waals surface area contributed by atoms with Crippen molar-refractivity contribution in [2.75, 3.05) is 31.1 Å². The number of aromatic nitrogens is 3. The zero-order chi connectivity index (χ0) is 29.3. The molecule has 1 atom stereocenters. The van der Waals surface area contributed by atoms with Crippen LogP contribution in [-0.2, 0) is 0 Å². The van der Waals surface area contributed by atoms with Crippen LogP contribution in [-0.4, -0.2) is 70.9 Å². The number of carbonyl (C=O) groups excluding carboxylic acids is 1. The van der Waals surface area contributed by atoms with Gasteiger partial charge in [0.2, 0.25) is 5.88 Å². The third-order valence-electron chi connectivity index (χ3n) is 7.87. The zero-order valence-electron chi connectivity index (χ0n) is 23.1. The average Bonchev–Trinajstić information content (AvgIpc) is 3.48. The van der Waals surface area contributed by atoms with E-state index in [1.807, 2.05) is 0 Å². The number of rotatable bonds is 5. The summed E-state index contributed by atoms with van der Waals surface area (Å²) < 4.78 is 49.6. The first-order chi connectivity index (χ1) is 19.5. The van der Waals surface area contributed by atoms with Crippen LogP contribution in [0, 0.1) is 5.41 Å². The van der Waals surface area contributed by atoms with Crippen molar-refractivity contribution in [2.45, 2.75) is 63.7 Å². The number of alkyl halides is 3. The van der Waals surface area contributed by atoms with Gasteiger partial charge in [-0.2, -0.15) is 13.2 Å². The Morgan fingerprint density at radius 1 is 1.27 bits per heavy atom. The summed E-state index contributed by atoms with van der Waals surface area (Å²) in [7, 11) is 0. The molecule has 0 aromatic carbocycles. The molecule has 0 spiro atoms. The van der Waals surface area contributed by atoms with Crippen molar-refractivity contribution < 1.29 is 22.7 Å². The molecule has 1 aliphatic carbocycles. The van der Waals surface area contributed by atoms with Gasteiger partial charge < -0.3 is 20.7 Å². The number of nitrogens with one attached hydrogen (secondary N) is 2. The van der Waals surface area contributed by atoms with Gasteiger partial charge in [0.15, 0.2) is 5.82 Å². The summed E-state index contributed by atoms with van der Waals surface area (Å²) >= 11 is 1.08. The van der Waals surface area contributed by atoms with Gasteiger partial charge in [0.1, 0.15) is 5.82 Å². The Labute approximate surface area is 241 Å². The predicted molar refractivity (Wildman–Crippen MR) is 152 cm³/mol. The van der Waals surface area contributed by atoms with Crippen LogP contribution in [0.4, 0.5) is 19.0 Å². The average molecular weight is 593 g/mol. The molecule has 0 radical (unpaired) electrons. The minimum atomic E-state index is -4.22. The van der Waals surface area contributed by atoms with E-state index in [1.54, 1.807) is 30.6 Å². The van der Waals surface area contributed by atoms with Gasteiger partial charge in [0.25, 0.3) is 5.91 Å². The molecule has 2 bridgehead atoms. The van der Waals surface area contributed by atoms with E-state index in [0.717, 1.165) is 31.3 Å². The molecule has 41 heavy (non-hydrogen) atoms. The molecule has 2 fully saturated rings. The van der Waals surface area contributed by atoms with E-state index in [1.165, 1.54) is 10.9 Å². The smallest absolute Gasteiger partial charge is 0.394 e. The zero-order valence-corrected chi connectivity index (χ0v) is 23.9. The second-order valence-corrected chi connectivity index (χ2v) is 12.2. The molecular weight excluding hydrogens is 557 g/mol. The maximum absolute atomic E-state index is 13.4. The van der Waals surface area contributed by atoms with Crippen LogP contribution < -0.4 is 25.4 Å². The number of fused-ring (bicyclic) bond motifs is 4. The number of allylic oxidation sites excluding steroid dienone is 1. The van der Waals surface area contributed by atoms with Gasteiger partial charge >= 0.3 is 6.18 Å². The molecule has 1 saturated carbocycles. The van der Waals surface area contributed by atoms with Crippen LogP contribution in [0.2, 0.25) is 0 Å². The number of halogens is 3. The van der Waals surface area contributed by atoms with Gasteiger partial charge in [0, 0.05) is 49.3 Å². The monoisotopic (exact) mass is 592 g/mol. The van der Waals surface area contributed by atoms with Crippen molar-refractivity contribution in [3.8, 4) is 11.7 Å². The van der Waals surface area contributed by atoms with E-state index in [4.69, 9.17) is 15.5 Å². The highest BCUT2D eigenvalue weighted by molar-refractivity contribution is 8.02. The highest BCUT2D eigenvalue weighted by Crippen LogP contribution is 2.59. The number of nitrogens with two attached hydrogens (primary N) is 1. The summed E-state index contributed by atoms with van der Waals surface area (Å²) in [6.45, 7) is 6.26. The van der Waals surface area contributed by atoms with Crippen molar-refractivity contribution >= 4 is 29.9 Å². The SMILES string of the molecule is CC1(C)CC2CN1c1nc(-n3ccc(OCCC4(C(F)(F)F)CC4)n3)ccc1C(=O)NSC(=CN)C=NCCCN2. The maximum atomic E-state index is 13.4. The summed E-state index contributed by atoms with van der Waals surface area (Å²) in [5, 5.41) is 7.99. The van der Waals surface area contributed by atoms with Crippen LogP contribution in [0.3, 0.4) is 0 Å². The molecule has 1 unspecified atom stereocenters. The predicted octanol–water partition coefficient (Wildman–Crippen LogP) is 3.98. The molecule has 2 aromatic rings. The minimum absolute atomic E-state index is 0.0771. The van der Waals surface area contributed by atoms with E-state index < -0.39 is 11.6 Å². The number of aliphatic imine (C=N–C) groups is 1. The Morgan fingerprint density at radius 3 is 2.80 bits per heavy atom. The second kappa shape index (κ2) is 11.6. The molecule has 3 aliphatic rings. The molecule has 4 heterocycles. The third kappa shape index (κ3) is 6.48. The molecular formula is C27H35F3N8O2S. The molecule has 4 N–H and O–H groups in total. The molecule has 2 aliphatic heterocycles. The van der Waals surface area contributed by atoms with Crippen molar-refractivity contribution in [3.63, 3.8) is 0 Å². The van der Waals surface area contributed by atoms with Crippen LogP contribution in [0.15, 0.2) is 40.5 Å². The van der Waals surface area contributed by atoms with E-state index in [9.17, 15) is 18.0 Å². The molecule has 1 amide bonds. The quantitative estimate of drug-likeness (QED) is 0.446. The maximum Gasteiger partial charge on any atom is 0.394 e. The number of hydrogen-bond acceptors (Lipinski definition) is 9. The topological polar surface area (TPSA) is 123 Å². The van der Waals surface area contributed by atoms with Crippen LogP contribution in [0.5, 0.6) is 5.88 Å². The number of amides is 1. The van der Waals surface area contributed by atoms with Crippen molar-refractivity contribution in [2.24, 2.45) is 16.1 Å². The van der Waals surface area contributed by atoms with Gasteiger partial charge in [-0.05, 0) is 76.6 Å². The van der Waals surface area contributed by atoms with Gasteiger partial charge in [-0.3, -0.25) is 14.5 Å². The Hall–Kier alpha value is -3.26. The fourth-order valence-corrected chi connectivity index (χ4v) is 5.80. The first kappa shape index (κ1) is 29.2. The minimum Gasteiger partial charge on any atom is -0.477 e. The molecule has 14 heteroatoms. The number of anilines is 1. The number of pyridine rings is 1. The Morgan fingerprint density at radius 2 is 2.07 bits per heavy atom. The van der Waals surface area contributed by atoms with E-state index in [-0.39, 0.29) is 49.2 Å². The van der Waals surface area contributed by atoms with Gasteiger partial charge in [0.05, 0.1) is 22.5 Å². The van der Waals surface area contributed by atoms with Gasteiger partial charge in [-0.15, -0.1) is 5.10 Å². The summed E-state index contributed by atoms with van der Waals surface area (Å²) in [6, 6.07) is 5.17. The second-order valence-electron chi connectivity index (χ2n) is 11.3. The van der Waals surface area contributed by atoms with Crippen LogP contribution >= 0.6 is 11.9 Å². The lowest BCUT2D eigenvalue weighted by atomic mass is 9.99. The van der Waals surface area contributed by atoms with Crippen LogP contribution in [0.25, 0.3) is 5.82 Å². The lowest BCUT2D eigenvalue weighted by Crippen LogP contribution is -2.40. The lowest BCUT2D eigenvalue weighted by Gasteiger charge is -2.33. The Bertz CT molecular complexity index is 1320.